The highest BCUT2D eigenvalue weighted by atomic mass is 79.9. The number of hydrogen-bond donors (Lipinski definition) is 1. The molecule has 1 aromatic rings. The Morgan fingerprint density at radius 2 is 2.24 bits per heavy atom. The van der Waals surface area contributed by atoms with E-state index in [0.717, 1.165) is 29.3 Å². The minimum atomic E-state index is -0.0374. The van der Waals surface area contributed by atoms with E-state index >= 15 is 0 Å². The summed E-state index contributed by atoms with van der Waals surface area (Å²) in [6.45, 7) is 3.08. The van der Waals surface area contributed by atoms with E-state index in [0.29, 0.717) is 11.3 Å². The van der Waals surface area contributed by atoms with Gasteiger partial charge in [0, 0.05) is 11.0 Å². The van der Waals surface area contributed by atoms with Crippen LogP contribution in [0.15, 0.2) is 22.7 Å². The van der Waals surface area contributed by atoms with Crippen molar-refractivity contribution >= 4 is 21.8 Å². The molecule has 0 aromatic heterocycles. The third-order valence-corrected chi connectivity index (χ3v) is 4.99. The van der Waals surface area contributed by atoms with Gasteiger partial charge in [0.15, 0.2) is 0 Å². The van der Waals surface area contributed by atoms with Crippen molar-refractivity contribution < 1.29 is 9.53 Å². The van der Waals surface area contributed by atoms with Gasteiger partial charge in [-0.15, -0.1) is 0 Å². The van der Waals surface area contributed by atoms with Gasteiger partial charge >= 0.3 is 0 Å². The number of hydrogen-bond acceptors (Lipinski definition) is 2. The Bertz CT molecular complexity index is 490. The number of benzene rings is 1. The van der Waals surface area contributed by atoms with Gasteiger partial charge in [0.2, 0.25) is 0 Å². The van der Waals surface area contributed by atoms with Gasteiger partial charge in [-0.1, -0.05) is 26.2 Å². The van der Waals surface area contributed by atoms with Crippen LogP contribution in [-0.4, -0.2) is 19.6 Å². The Kier molecular flexibility index (Phi) is 6.09. The lowest BCUT2D eigenvalue weighted by molar-refractivity contribution is 0.0948. The Hall–Kier alpha value is -1.03. The van der Waals surface area contributed by atoms with Crippen molar-refractivity contribution in [2.45, 2.75) is 39.0 Å². The fourth-order valence-electron chi connectivity index (χ4n) is 3.11. The SMILES string of the molecule is COc1ccc(Br)c(C(=O)NCCC2CCCC(C)C2)c1. The van der Waals surface area contributed by atoms with Crippen molar-refractivity contribution in [2.24, 2.45) is 11.8 Å². The van der Waals surface area contributed by atoms with Crippen molar-refractivity contribution in [3.8, 4) is 5.75 Å². The highest BCUT2D eigenvalue weighted by molar-refractivity contribution is 9.10. The summed E-state index contributed by atoms with van der Waals surface area (Å²) in [5.41, 5.74) is 0.631. The van der Waals surface area contributed by atoms with Crippen LogP contribution in [0.2, 0.25) is 0 Å². The molecule has 0 spiro atoms. The predicted molar refractivity (Wildman–Crippen MR) is 88.8 cm³/mol. The third-order valence-electron chi connectivity index (χ3n) is 4.30. The maximum absolute atomic E-state index is 12.2. The van der Waals surface area contributed by atoms with E-state index in [1.165, 1.54) is 25.7 Å². The second-order valence-electron chi connectivity index (χ2n) is 6.03. The van der Waals surface area contributed by atoms with Crippen LogP contribution >= 0.6 is 15.9 Å². The van der Waals surface area contributed by atoms with Crippen molar-refractivity contribution in [2.75, 3.05) is 13.7 Å². The van der Waals surface area contributed by atoms with Crippen LogP contribution < -0.4 is 10.1 Å². The molecule has 1 saturated carbocycles. The summed E-state index contributed by atoms with van der Waals surface area (Å²) in [5, 5.41) is 3.03. The monoisotopic (exact) mass is 353 g/mol. The average molecular weight is 354 g/mol. The van der Waals surface area contributed by atoms with Crippen LogP contribution in [-0.2, 0) is 0 Å². The van der Waals surface area contributed by atoms with Crippen LogP contribution in [0.3, 0.4) is 0 Å². The van der Waals surface area contributed by atoms with E-state index in [2.05, 4.69) is 28.2 Å². The summed E-state index contributed by atoms with van der Waals surface area (Å²) in [6.07, 6.45) is 6.39. The summed E-state index contributed by atoms with van der Waals surface area (Å²) in [7, 11) is 1.61. The molecule has 21 heavy (non-hydrogen) atoms. The van der Waals surface area contributed by atoms with Crippen molar-refractivity contribution in [3.63, 3.8) is 0 Å². The van der Waals surface area contributed by atoms with Gasteiger partial charge in [-0.25, -0.2) is 0 Å². The molecule has 1 fully saturated rings. The highest BCUT2D eigenvalue weighted by Crippen LogP contribution is 2.30. The second kappa shape index (κ2) is 7.83. The maximum Gasteiger partial charge on any atom is 0.252 e. The molecule has 2 atom stereocenters. The van der Waals surface area contributed by atoms with E-state index in [4.69, 9.17) is 4.74 Å². The molecule has 0 aliphatic heterocycles. The molecule has 116 valence electrons. The normalized spacial score (nSPS) is 21.9. The summed E-state index contributed by atoms with van der Waals surface area (Å²) < 4.78 is 5.97. The van der Waals surface area contributed by atoms with Gasteiger partial charge in [0.1, 0.15) is 5.75 Å². The van der Waals surface area contributed by atoms with E-state index in [9.17, 15) is 4.79 Å². The smallest absolute Gasteiger partial charge is 0.252 e. The predicted octanol–water partition coefficient (Wildman–Crippen LogP) is 4.40. The quantitative estimate of drug-likeness (QED) is 0.851. The summed E-state index contributed by atoms with van der Waals surface area (Å²) in [6, 6.07) is 5.45. The number of rotatable bonds is 5. The molecule has 1 aliphatic carbocycles. The summed E-state index contributed by atoms with van der Waals surface area (Å²) in [5.74, 6) is 2.27. The lowest BCUT2D eigenvalue weighted by Gasteiger charge is -2.26. The number of ether oxygens (including phenoxy) is 1. The molecule has 1 aromatic carbocycles. The maximum atomic E-state index is 12.2. The highest BCUT2D eigenvalue weighted by Gasteiger charge is 2.19. The molecule has 0 saturated heterocycles. The fraction of sp³-hybridized carbons (Fsp3) is 0.588. The van der Waals surface area contributed by atoms with Gasteiger partial charge in [0.05, 0.1) is 12.7 Å². The number of methoxy groups -OCH3 is 1. The first-order valence-corrected chi connectivity index (χ1v) is 8.51. The van der Waals surface area contributed by atoms with Gasteiger partial charge in [-0.2, -0.15) is 0 Å². The van der Waals surface area contributed by atoms with Gasteiger partial charge in [-0.05, 0) is 58.8 Å². The molecule has 2 unspecified atom stereocenters. The molecule has 2 rings (SSSR count). The molecule has 0 bridgehead atoms. The number of carbonyl (C=O) groups is 1. The minimum absolute atomic E-state index is 0.0374. The van der Waals surface area contributed by atoms with Gasteiger partial charge in [0.25, 0.3) is 5.91 Å². The molecular weight excluding hydrogens is 330 g/mol. The van der Waals surface area contributed by atoms with Crippen LogP contribution in [0.1, 0.15) is 49.4 Å². The van der Waals surface area contributed by atoms with Crippen LogP contribution in [0.4, 0.5) is 0 Å². The van der Waals surface area contributed by atoms with Gasteiger partial charge in [-0.3, -0.25) is 4.79 Å². The minimum Gasteiger partial charge on any atom is -0.497 e. The topological polar surface area (TPSA) is 38.3 Å². The molecule has 1 aliphatic rings. The first-order valence-electron chi connectivity index (χ1n) is 7.72. The molecule has 4 heteroatoms. The second-order valence-corrected chi connectivity index (χ2v) is 6.88. The van der Waals surface area contributed by atoms with Crippen molar-refractivity contribution in [1.29, 1.82) is 0 Å². The number of amides is 1. The Labute approximate surface area is 135 Å². The lowest BCUT2D eigenvalue weighted by Crippen LogP contribution is -2.27. The fourth-order valence-corrected chi connectivity index (χ4v) is 3.54. The van der Waals surface area contributed by atoms with E-state index < -0.39 is 0 Å². The van der Waals surface area contributed by atoms with E-state index in [1.54, 1.807) is 13.2 Å². The van der Waals surface area contributed by atoms with Crippen LogP contribution in [0.5, 0.6) is 5.75 Å². The molecule has 3 nitrogen and oxygen atoms in total. The molecule has 0 heterocycles. The zero-order valence-electron chi connectivity index (χ0n) is 12.8. The van der Waals surface area contributed by atoms with E-state index in [1.807, 2.05) is 12.1 Å². The zero-order chi connectivity index (χ0) is 15.2. The lowest BCUT2D eigenvalue weighted by atomic mass is 9.81. The van der Waals surface area contributed by atoms with Crippen LogP contribution in [0.25, 0.3) is 0 Å². The summed E-state index contributed by atoms with van der Waals surface area (Å²) in [4.78, 5) is 12.2. The Morgan fingerprint density at radius 1 is 1.43 bits per heavy atom. The van der Waals surface area contributed by atoms with E-state index in [-0.39, 0.29) is 5.91 Å². The molecule has 1 N–H and O–H groups in total. The van der Waals surface area contributed by atoms with Crippen LogP contribution in [0, 0.1) is 11.8 Å². The number of nitrogens with one attached hydrogen (secondary N) is 1. The summed E-state index contributed by atoms with van der Waals surface area (Å²) >= 11 is 3.42. The largest absolute Gasteiger partial charge is 0.497 e. The molecule has 0 radical (unpaired) electrons. The number of halogens is 1. The first-order chi connectivity index (χ1) is 10.1. The Morgan fingerprint density at radius 3 is 2.95 bits per heavy atom. The number of carbonyl (C=O) groups excluding carboxylic acids is 1. The van der Waals surface area contributed by atoms with Gasteiger partial charge < -0.3 is 10.1 Å². The van der Waals surface area contributed by atoms with Crippen molar-refractivity contribution in [1.82, 2.24) is 5.32 Å². The molecular formula is C17H24BrNO2. The Balaban J connectivity index is 1.84. The average Bonchev–Trinajstić information content (AvgIpc) is 2.47. The van der Waals surface area contributed by atoms with Crippen molar-refractivity contribution in [3.05, 3.63) is 28.2 Å². The molecule has 1 amide bonds. The third kappa shape index (κ3) is 4.73. The zero-order valence-corrected chi connectivity index (χ0v) is 14.4. The first kappa shape index (κ1) is 16.3. The standard InChI is InChI=1S/C17H24BrNO2/c1-12-4-3-5-13(10-12)8-9-19-17(20)15-11-14(21-2)6-7-16(15)18/h6-7,11-13H,3-5,8-10H2,1-2H3,(H,19,20).